The van der Waals surface area contributed by atoms with Crippen LogP contribution in [-0.2, 0) is 9.47 Å². The van der Waals surface area contributed by atoms with Crippen molar-refractivity contribution in [1.29, 1.82) is 0 Å². The molecule has 8 nitrogen and oxygen atoms in total. The fraction of sp³-hybridized carbons (Fsp3) is 0.600. The average Bonchev–Trinajstić information content (AvgIpc) is 3.22. The van der Waals surface area contributed by atoms with E-state index in [1.165, 1.54) is 0 Å². The van der Waals surface area contributed by atoms with Crippen LogP contribution in [0.5, 0.6) is 0 Å². The first-order chi connectivity index (χ1) is 16.6. The second-order valence-corrected chi connectivity index (χ2v) is 12.2. The third-order valence-electron chi connectivity index (χ3n) is 5.35. The van der Waals surface area contributed by atoms with Crippen molar-refractivity contribution >= 4 is 41.0 Å². The third-order valence-corrected chi connectivity index (χ3v) is 7.53. The molecule has 0 atom stereocenters. The van der Waals surface area contributed by atoms with Gasteiger partial charge < -0.3 is 14.8 Å². The molecular weight excluding hydrogens is 484 g/mol. The van der Waals surface area contributed by atoms with E-state index in [0.717, 1.165) is 46.2 Å². The normalized spacial score (nSPS) is 18.1. The standard InChI is InChI=1S/C25H36N4O4S2/c1-14(2)32-24(30)26-18-9-7-17(8-10-18)22-28-29-23(35-22)20-12-11-19(13-21(20)34-16(5)6)27-25(31)33-15(3)4/h11-18H,7-10H2,1-6H3,(H,26,30)(H,27,31). The van der Waals surface area contributed by atoms with Gasteiger partial charge in [0.25, 0.3) is 0 Å². The minimum absolute atomic E-state index is 0.122. The van der Waals surface area contributed by atoms with Crippen molar-refractivity contribution in [3.05, 3.63) is 23.2 Å². The number of hydrogen-bond acceptors (Lipinski definition) is 8. The molecule has 2 aromatic rings. The number of amides is 2. The predicted octanol–water partition coefficient (Wildman–Crippen LogP) is 6.82. The number of rotatable bonds is 8. The summed E-state index contributed by atoms with van der Waals surface area (Å²) in [7, 11) is 0. The number of alkyl carbamates (subject to hydrolysis) is 1. The average molecular weight is 521 g/mol. The Labute approximate surface area is 216 Å². The van der Waals surface area contributed by atoms with Gasteiger partial charge in [0.1, 0.15) is 10.0 Å². The van der Waals surface area contributed by atoms with Crippen molar-refractivity contribution in [3.63, 3.8) is 0 Å². The molecule has 0 bridgehead atoms. The van der Waals surface area contributed by atoms with Gasteiger partial charge in [0.2, 0.25) is 0 Å². The summed E-state index contributed by atoms with van der Waals surface area (Å²) in [6.45, 7) is 11.6. The Hall–Kier alpha value is -2.33. The largest absolute Gasteiger partial charge is 0.447 e. The summed E-state index contributed by atoms with van der Waals surface area (Å²) in [6.07, 6.45) is 2.59. The van der Waals surface area contributed by atoms with Crippen molar-refractivity contribution in [3.8, 4) is 10.6 Å². The lowest BCUT2D eigenvalue weighted by molar-refractivity contribution is 0.109. The van der Waals surface area contributed by atoms with Crippen LogP contribution in [0.3, 0.4) is 0 Å². The van der Waals surface area contributed by atoms with Crippen LogP contribution in [0.4, 0.5) is 15.3 Å². The molecule has 1 aromatic heterocycles. The predicted molar refractivity (Wildman–Crippen MR) is 141 cm³/mol. The zero-order valence-electron chi connectivity index (χ0n) is 21.3. The Balaban J connectivity index is 1.68. The van der Waals surface area contributed by atoms with Crippen molar-refractivity contribution in [2.24, 2.45) is 0 Å². The van der Waals surface area contributed by atoms with Gasteiger partial charge in [0.05, 0.1) is 12.2 Å². The molecule has 10 heteroatoms. The molecule has 0 saturated heterocycles. The van der Waals surface area contributed by atoms with Crippen molar-refractivity contribution < 1.29 is 19.1 Å². The van der Waals surface area contributed by atoms with E-state index < -0.39 is 6.09 Å². The Bertz CT molecular complexity index is 1000. The van der Waals surface area contributed by atoms with E-state index in [2.05, 4.69) is 34.7 Å². The molecule has 1 aliphatic rings. The summed E-state index contributed by atoms with van der Waals surface area (Å²) in [6, 6.07) is 5.97. The molecule has 1 aromatic carbocycles. The maximum absolute atomic E-state index is 12.0. The van der Waals surface area contributed by atoms with E-state index in [-0.39, 0.29) is 24.3 Å². The monoisotopic (exact) mass is 520 g/mol. The molecule has 0 radical (unpaired) electrons. The smallest absolute Gasteiger partial charge is 0.411 e. The summed E-state index contributed by atoms with van der Waals surface area (Å²) in [5.74, 6) is 0.341. The van der Waals surface area contributed by atoms with Crippen LogP contribution in [0.1, 0.15) is 78.2 Å². The van der Waals surface area contributed by atoms with E-state index in [9.17, 15) is 9.59 Å². The van der Waals surface area contributed by atoms with Gasteiger partial charge in [-0.15, -0.1) is 22.0 Å². The van der Waals surface area contributed by atoms with Crippen LogP contribution in [-0.4, -0.2) is 45.9 Å². The molecule has 0 spiro atoms. The Morgan fingerprint density at radius 3 is 2.26 bits per heavy atom. The first kappa shape index (κ1) is 27.3. The highest BCUT2D eigenvalue weighted by atomic mass is 32.2. The van der Waals surface area contributed by atoms with E-state index in [0.29, 0.717) is 16.9 Å². The van der Waals surface area contributed by atoms with Crippen LogP contribution in [0.25, 0.3) is 10.6 Å². The van der Waals surface area contributed by atoms with Gasteiger partial charge in [-0.2, -0.15) is 0 Å². The number of benzene rings is 1. The Morgan fingerprint density at radius 1 is 0.971 bits per heavy atom. The number of nitrogens with one attached hydrogen (secondary N) is 2. The highest BCUT2D eigenvalue weighted by molar-refractivity contribution is 8.00. The second kappa shape index (κ2) is 12.6. The van der Waals surface area contributed by atoms with Gasteiger partial charge in [-0.25, -0.2) is 9.59 Å². The Kier molecular flexibility index (Phi) is 9.80. The van der Waals surface area contributed by atoms with E-state index in [1.807, 2.05) is 45.9 Å². The zero-order chi connectivity index (χ0) is 25.5. The summed E-state index contributed by atoms with van der Waals surface area (Å²) in [5.41, 5.74) is 1.70. The lowest BCUT2D eigenvalue weighted by atomic mass is 9.86. The number of thioether (sulfide) groups is 1. The summed E-state index contributed by atoms with van der Waals surface area (Å²) >= 11 is 3.35. The topological polar surface area (TPSA) is 102 Å². The molecule has 1 aliphatic carbocycles. The van der Waals surface area contributed by atoms with Gasteiger partial charge in [-0.3, -0.25) is 5.32 Å². The van der Waals surface area contributed by atoms with Crippen LogP contribution in [0.15, 0.2) is 23.1 Å². The maximum Gasteiger partial charge on any atom is 0.411 e. The van der Waals surface area contributed by atoms with E-state index >= 15 is 0 Å². The Morgan fingerprint density at radius 2 is 1.63 bits per heavy atom. The highest BCUT2D eigenvalue weighted by Crippen LogP contribution is 2.40. The third kappa shape index (κ3) is 8.38. The maximum atomic E-state index is 12.0. The first-order valence-corrected chi connectivity index (χ1v) is 13.9. The molecule has 1 saturated carbocycles. The number of aromatic nitrogens is 2. The van der Waals surface area contributed by atoms with Crippen molar-refractivity contribution in [2.45, 2.75) is 102 Å². The number of carbonyl (C=O) groups is 2. The zero-order valence-corrected chi connectivity index (χ0v) is 22.9. The molecule has 2 amide bonds. The van der Waals surface area contributed by atoms with E-state index in [1.54, 1.807) is 23.1 Å². The fourth-order valence-corrected chi connectivity index (χ4v) is 6.01. The summed E-state index contributed by atoms with van der Waals surface area (Å²) in [4.78, 5) is 25.0. The quantitative estimate of drug-likeness (QED) is 0.368. The van der Waals surface area contributed by atoms with Crippen LogP contribution in [0, 0.1) is 0 Å². The molecule has 3 rings (SSSR count). The number of nitrogens with zero attached hydrogens (tertiary/aromatic N) is 2. The highest BCUT2D eigenvalue weighted by Gasteiger charge is 2.27. The first-order valence-electron chi connectivity index (χ1n) is 12.2. The van der Waals surface area contributed by atoms with E-state index in [4.69, 9.17) is 9.47 Å². The molecule has 1 fully saturated rings. The molecule has 0 unspecified atom stereocenters. The van der Waals surface area contributed by atoms with Crippen LogP contribution < -0.4 is 10.6 Å². The molecule has 192 valence electrons. The van der Waals surface area contributed by atoms with Crippen LogP contribution in [0.2, 0.25) is 0 Å². The summed E-state index contributed by atoms with van der Waals surface area (Å²) in [5, 5.41) is 17.1. The molecule has 2 N–H and O–H groups in total. The molecular formula is C25H36N4O4S2. The second-order valence-electron chi connectivity index (χ2n) is 9.55. The van der Waals surface area contributed by atoms with Crippen molar-refractivity contribution in [1.82, 2.24) is 15.5 Å². The molecule has 0 aliphatic heterocycles. The lowest BCUT2D eigenvalue weighted by Gasteiger charge is -2.27. The minimum atomic E-state index is -0.464. The van der Waals surface area contributed by atoms with Gasteiger partial charge in [0.15, 0.2) is 0 Å². The fourth-order valence-electron chi connectivity index (χ4n) is 3.90. The lowest BCUT2D eigenvalue weighted by Crippen LogP contribution is -2.38. The molecule has 35 heavy (non-hydrogen) atoms. The van der Waals surface area contributed by atoms with Gasteiger partial charge in [-0.05, 0) is 71.6 Å². The number of ether oxygens (including phenoxy) is 2. The van der Waals surface area contributed by atoms with Gasteiger partial charge >= 0.3 is 12.2 Å². The number of hydrogen-bond donors (Lipinski definition) is 2. The van der Waals surface area contributed by atoms with Gasteiger partial charge in [0, 0.05) is 33.4 Å². The summed E-state index contributed by atoms with van der Waals surface area (Å²) < 4.78 is 10.4. The SMILES string of the molecule is CC(C)OC(=O)Nc1ccc(-c2nnc(C3CCC(NC(=O)OC(C)C)CC3)s2)c(SC(C)C)c1. The van der Waals surface area contributed by atoms with Crippen molar-refractivity contribution in [2.75, 3.05) is 5.32 Å². The minimum Gasteiger partial charge on any atom is -0.447 e. The molecule has 1 heterocycles. The van der Waals surface area contributed by atoms with Crippen LogP contribution >= 0.6 is 23.1 Å². The number of anilines is 1. The number of carbonyl (C=O) groups excluding carboxylic acids is 2. The van der Waals surface area contributed by atoms with Gasteiger partial charge in [-0.1, -0.05) is 25.2 Å².